The summed E-state index contributed by atoms with van der Waals surface area (Å²) < 4.78 is 0.976. The highest BCUT2D eigenvalue weighted by molar-refractivity contribution is 9.10. The van der Waals surface area contributed by atoms with Crippen molar-refractivity contribution in [3.63, 3.8) is 0 Å². The fourth-order valence-corrected chi connectivity index (χ4v) is 2.47. The smallest absolute Gasteiger partial charge is 0.233 e. The predicted octanol–water partition coefficient (Wildman–Crippen LogP) is 4.29. The molecular weight excluding hydrogens is 356 g/mol. The summed E-state index contributed by atoms with van der Waals surface area (Å²) in [4.78, 5) is 24.0. The summed E-state index contributed by atoms with van der Waals surface area (Å²) in [5.74, 6) is -0.657. The topological polar surface area (TPSA) is 58.2 Å². The van der Waals surface area contributed by atoms with E-state index >= 15 is 0 Å². The number of hydrogen-bond donors (Lipinski definition) is 2. The van der Waals surface area contributed by atoms with Crippen LogP contribution in [0, 0.1) is 6.92 Å². The number of benzene rings is 2. The van der Waals surface area contributed by atoms with Crippen LogP contribution in [0.15, 0.2) is 46.9 Å². The lowest BCUT2D eigenvalue weighted by Gasteiger charge is -2.10. The molecule has 0 heterocycles. The van der Waals surface area contributed by atoms with Gasteiger partial charge in [-0.05, 0) is 48.7 Å². The molecule has 0 fully saturated rings. The van der Waals surface area contributed by atoms with Crippen molar-refractivity contribution in [2.45, 2.75) is 26.7 Å². The molecule has 0 radical (unpaired) electrons. The van der Waals surface area contributed by atoms with Crippen molar-refractivity contribution in [1.82, 2.24) is 0 Å². The van der Waals surface area contributed by atoms with Crippen LogP contribution in [-0.2, 0) is 16.0 Å². The van der Waals surface area contributed by atoms with E-state index in [9.17, 15) is 9.59 Å². The van der Waals surface area contributed by atoms with Crippen molar-refractivity contribution in [3.8, 4) is 0 Å². The Morgan fingerprint density at radius 1 is 1.04 bits per heavy atom. The molecule has 120 valence electrons. The summed E-state index contributed by atoms with van der Waals surface area (Å²) >= 11 is 3.41. The highest BCUT2D eigenvalue weighted by Crippen LogP contribution is 2.20. The quantitative estimate of drug-likeness (QED) is 0.766. The van der Waals surface area contributed by atoms with Crippen molar-refractivity contribution in [3.05, 3.63) is 58.1 Å². The Morgan fingerprint density at radius 2 is 1.74 bits per heavy atom. The Kier molecular flexibility index (Phi) is 5.93. The van der Waals surface area contributed by atoms with E-state index in [0.29, 0.717) is 5.69 Å². The van der Waals surface area contributed by atoms with Crippen LogP contribution < -0.4 is 10.6 Å². The van der Waals surface area contributed by atoms with Crippen LogP contribution in [0.2, 0.25) is 0 Å². The minimum Gasteiger partial charge on any atom is -0.326 e. The fourth-order valence-electron chi connectivity index (χ4n) is 2.22. The van der Waals surface area contributed by atoms with E-state index in [-0.39, 0.29) is 18.2 Å². The molecule has 23 heavy (non-hydrogen) atoms. The van der Waals surface area contributed by atoms with E-state index in [0.717, 1.165) is 27.7 Å². The van der Waals surface area contributed by atoms with E-state index in [1.165, 1.54) is 0 Å². The predicted molar refractivity (Wildman–Crippen MR) is 96.6 cm³/mol. The van der Waals surface area contributed by atoms with Gasteiger partial charge < -0.3 is 10.6 Å². The molecule has 0 atom stereocenters. The summed E-state index contributed by atoms with van der Waals surface area (Å²) in [6.07, 6.45) is 0.605. The lowest BCUT2D eigenvalue weighted by atomic mass is 10.1. The van der Waals surface area contributed by atoms with Crippen molar-refractivity contribution in [1.29, 1.82) is 0 Å². The standard InChI is InChI=1S/C18H19BrN2O2/c1-3-13-6-4-5-7-16(13)21-18(23)11-17(22)20-14-8-9-15(19)12(2)10-14/h4-10H,3,11H2,1-2H3,(H,20,22)(H,21,23). The van der Waals surface area contributed by atoms with Crippen LogP contribution in [0.25, 0.3) is 0 Å². The monoisotopic (exact) mass is 374 g/mol. The number of anilines is 2. The number of amides is 2. The van der Waals surface area contributed by atoms with Gasteiger partial charge in [0.05, 0.1) is 0 Å². The molecular formula is C18H19BrN2O2. The van der Waals surface area contributed by atoms with E-state index in [4.69, 9.17) is 0 Å². The van der Waals surface area contributed by atoms with Gasteiger partial charge in [0.25, 0.3) is 0 Å². The molecule has 2 amide bonds. The summed E-state index contributed by atoms with van der Waals surface area (Å²) in [5, 5.41) is 5.53. The molecule has 2 aromatic carbocycles. The summed E-state index contributed by atoms with van der Waals surface area (Å²) in [6.45, 7) is 3.96. The lowest BCUT2D eigenvalue weighted by Crippen LogP contribution is -2.22. The first-order valence-electron chi connectivity index (χ1n) is 7.43. The molecule has 5 heteroatoms. The van der Waals surface area contributed by atoms with Crippen LogP contribution in [0.1, 0.15) is 24.5 Å². The van der Waals surface area contributed by atoms with Gasteiger partial charge in [0.1, 0.15) is 6.42 Å². The Hall–Kier alpha value is -2.14. The molecule has 2 rings (SSSR count). The summed E-state index contributed by atoms with van der Waals surface area (Å²) in [5.41, 5.74) is 3.50. The van der Waals surface area contributed by atoms with E-state index in [1.807, 2.05) is 50.2 Å². The van der Waals surface area contributed by atoms with Gasteiger partial charge in [-0.25, -0.2) is 0 Å². The number of para-hydroxylation sites is 1. The zero-order chi connectivity index (χ0) is 16.8. The molecule has 2 N–H and O–H groups in total. The third-order valence-electron chi connectivity index (χ3n) is 3.44. The highest BCUT2D eigenvalue weighted by atomic mass is 79.9. The number of carbonyl (C=O) groups excluding carboxylic acids is 2. The molecule has 0 aliphatic heterocycles. The van der Waals surface area contributed by atoms with Crippen molar-refractivity contribution >= 4 is 39.1 Å². The number of halogens is 1. The highest BCUT2D eigenvalue weighted by Gasteiger charge is 2.11. The Morgan fingerprint density at radius 3 is 2.43 bits per heavy atom. The van der Waals surface area contributed by atoms with Crippen LogP contribution in [0.5, 0.6) is 0 Å². The minimum absolute atomic E-state index is 0.215. The van der Waals surface area contributed by atoms with Crippen LogP contribution in [0.4, 0.5) is 11.4 Å². The van der Waals surface area contributed by atoms with Crippen LogP contribution >= 0.6 is 15.9 Å². The maximum Gasteiger partial charge on any atom is 0.233 e. The zero-order valence-corrected chi connectivity index (χ0v) is 14.7. The van der Waals surface area contributed by atoms with Gasteiger partial charge in [0.15, 0.2) is 0 Å². The van der Waals surface area contributed by atoms with E-state index in [2.05, 4.69) is 26.6 Å². The molecule has 0 aliphatic carbocycles. The molecule has 0 unspecified atom stereocenters. The van der Waals surface area contributed by atoms with Crippen LogP contribution in [0.3, 0.4) is 0 Å². The summed E-state index contributed by atoms with van der Waals surface area (Å²) in [7, 11) is 0. The number of carbonyl (C=O) groups is 2. The average Bonchev–Trinajstić information content (AvgIpc) is 2.51. The van der Waals surface area contributed by atoms with Gasteiger partial charge in [-0.2, -0.15) is 0 Å². The molecule has 0 saturated heterocycles. The number of hydrogen-bond acceptors (Lipinski definition) is 2. The van der Waals surface area contributed by atoms with Gasteiger partial charge in [-0.1, -0.05) is 41.1 Å². The van der Waals surface area contributed by atoms with Gasteiger partial charge in [0, 0.05) is 15.8 Å². The largest absolute Gasteiger partial charge is 0.326 e. The first-order chi connectivity index (χ1) is 11.0. The third-order valence-corrected chi connectivity index (χ3v) is 4.32. The summed E-state index contributed by atoms with van der Waals surface area (Å²) in [6, 6.07) is 13.1. The average molecular weight is 375 g/mol. The van der Waals surface area contributed by atoms with Crippen LogP contribution in [-0.4, -0.2) is 11.8 Å². The first-order valence-corrected chi connectivity index (χ1v) is 8.22. The lowest BCUT2D eigenvalue weighted by molar-refractivity contribution is -0.123. The van der Waals surface area contributed by atoms with Crippen molar-refractivity contribution in [2.75, 3.05) is 10.6 Å². The Labute approximate surface area is 144 Å². The van der Waals surface area contributed by atoms with Gasteiger partial charge in [0.2, 0.25) is 11.8 Å². The third kappa shape index (κ3) is 4.93. The second-order valence-electron chi connectivity index (χ2n) is 5.25. The maximum atomic E-state index is 12.0. The molecule has 0 aromatic heterocycles. The molecule has 0 aliphatic rings. The van der Waals surface area contributed by atoms with E-state index < -0.39 is 0 Å². The Balaban J connectivity index is 1.94. The fraction of sp³-hybridized carbons (Fsp3) is 0.222. The number of nitrogens with one attached hydrogen (secondary N) is 2. The molecule has 4 nitrogen and oxygen atoms in total. The van der Waals surface area contributed by atoms with Gasteiger partial charge >= 0.3 is 0 Å². The number of aryl methyl sites for hydroxylation is 2. The van der Waals surface area contributed by atoms with E-state index in [1.54, 1.807) is 6.07 Å². The molecule has 0 bridgehead atoms. The molecule has 0 spiro atoms. The maximum absolute atomic E-state index is 12.0. The normalized spacial score (nSPS) is 10.2. The van der Waals surface area contributed by atoms with Gasteiger partial charge in [-0.3, -0.25) is 9.59 Å². The van der Waals surface area contributed by atoms with Gasteiger partial charge in [-0.15, -0.1) is 0 Å². The Bertz CT molecular complexity index is 729. The second-order valence-corrected chi connectivity index (χ2v) is 6.10. The number of rotatable bonds is 5. The second kappa shape index (κ2) is 7.92. The van der Waals surface area contributed by atoms with Crippen molar-refractivity contribution < 1.29 is 9.59 Å². The minimum atomic E-state index is -0.335. The first kappa shape index (κ1) is 17.2. The van der Waals surface area contributed by atoms with Crippen molar-refractivity contribution in [2.24, 2.45) is 0 Å². The SMILES string of the molecule is CCc1ccccc1NC(=O)CC(=O)Nc1ccc(Br)c(C)c1. The molecule has 0 saturated carbocycles. The molecule has 2 aromatic rings. The zero-order valence-electron chi connectivity index (χ0n) is 13.2.